The van der Waals surface area contributed by atoms with Crippen molar-refractivity contribution in [1.29, 1.82) is 0 Å². The first-order valence-corrected chi connectivity index (χ1v) is 5.14. The molecular formula is C10H12BrNO3. The molecule has 0 aromatic heterocycles. The molecule has 0 unspecified atom stereocenters. The van der Waals surface area contributed by atoms with Crippen molar-refractivity contribution in [3.8, 4) is 11.5 Å². The van der Waals surface area contributed by atoms with Crippen LogP contribution in [0.15, 0.2) is 16.6 Å². The van der Waals surface area contributed by atoms with E-state index in [1.165, 1.54) is 13.2 Å². The first-order chi connectivity index (χ1) is 7.11. The van der Waals surface area contributed by atoms with E-state index in [1.54, 1.807) is 13.1 Å². The molecule has 0 bridgehead atoms. The number of ether oxygens (including phenoxy) is 1. The minimum absolute atomic E-state index is 0.0415. The zero-order valence-corrected chi connectivity index (χ0v) is 10.1. The van der Waals surface area contributed by atoms with Gasteiger partial charge in [0.1, 0.15) is 0 Å². The van der Waals surface area contributed by atoms with Crippen LogP contribution in [0.1, 0.15) is 10.4 Å². The summed E-state index contributed by atoms with van der Waals surface area (Å²) >= 11 is 3.25. The van der Waals surface area contributed by atoms with Crippen LogP contribution in [0.25, 0.3) is 0 Å². The van der Waals surface area contributed by atoms with Crippen LogP contribution >= 0.6 is 15.9 Å². The highest BCUT2D eigenvalue weighted by Crippen LogP contribution is 2.35. The quantitative estimate of drug-likeness (QED) is 0.818. The number of methoxy groups -OCH3 is 1. The van der Waals surface area contributed by atoms with Crippen molar-refractivity contribution in [2.24, 2.45) is 0 Å². The lowest BCUT2D eigenvalue weighted by Gasteiger charge is -2.10. The summed E-state index contributed by atoms with van der Waals surface area (Å²) in [4.78, 5) is 11.7. The molecule has 1 rings (SSSR count). The maximum atomic E-state index is 11.7. The first kappa shape index (κ1) is 12.0. The van der Waals surface area contributed by atoms with Crippen molar-refractivity contribution in [3.63, 3.8) is 0 Å². The van der Waals surface area contributed by atoms with Gasteiger partial charge in [-0.05, 0) is 35.1 Å². The van der Waals surface area contributed by atoms with E-state index in [4.69, 9.17) is 4.74 Å². The Labute approximate surface area is 96.4 Å². The molecule has 5 heteroatoms. The molecule has 4 nitrogen and oxygen atoms in total. The maximum Gasteiger partial charge on any atom is 0.181 e. The van der Waals surface area contributed by atoms with Gasteiger partial charge in [-0.1, -0.05) is 0 Å². The molecule has 0 amide bonds. The summed E-state index contributed by atoms with van der Waals surface area (Å²) in [6.07, 6.45) is 0. The van der Waals surface area contributed by atoms with E-state index < -0.39 is 0 Å². The first-order valence-electron chi connectivity index (χ1n) is 4.35. The molecule has 0 spiro atoms. The van der Waals surface area contributed by atoms with Gasteiger partial charge in [0.2, 0.25) is 0 Å². The zero-order valence-electron chi connectivity index (χ0n) is 8.50. The van der Waals surface area contributed by atoms with Crippen molar-refractivity contribution >= 4 is 21.7 Å². The van der Waals surface area contributed by atoms with Gasteiger partial charge in [0.15, 0.2) is 17.3 Å². The number of carbonyl (C=O) groups excluding carboxylic acids is 1. The molecule has 0 saturated carbocycles. The van der Waals surface area contributed by atoms with Crippen molar-refractivity contribution in [3.05, 3.63) is 22.2 Å². The van der Waals surface area contributed by atoms with Gasteiger partial charge in [0.25, 0.3) is 0 Å². The minimum atomic E-state index is -0.142. The van der Waals surface area contributed by atoms with E-state index in [9.17, 15) is 9.90 Å². The van der Waals surface area contributed by atoms with Crippen LogP contribution in [0.5, 0.6) is 11.5 Å². The third-order valence-electron chi connectivity index (χ3n) is 1.91. The average Bonchev–Trinajstić information content (AvgIpc) is 2.21. The number of carbonyl (C=O) groups is 1. The number of hydrogen-bond acceptors (Lipinski definition) is 4. The molecule has 0 heterocycles. The SMILES string of the molecule is CNCC(=O)c1c(Br)ccc(O)c1OC. The van der Waals surface area contributed by atoms with Gasteiger partial charge in [-0.3, -0.25) is 4.79 Å². The van der Waals surface area contributed by atoms with Gasteiger partial charge in [-0.2, -0.15) is 0 Å². The average molecular weight is 274 g/mol. The van der Waals surface area contributed by atoms with E-state index in [0.29, 0.717) is 10.0 Å². The Morgan fingerprint density at radius 2 is 2.27 bits per heavy atom. The Morgan fingerprint density at radius 3 is 2.80 bits per heavy atom. The van der Waals surface area contributed by atoms with Crippen LogP contribution in [0.4, 0.5) is 0 Å². The van der Waals surface area contributed by atoms with Crippen molar-refractivity contribution in [1.82, 2.24) is 5.32 Å². The second-order valence-corrected chi connectivity index (χ2v) is 3.78. The molecule has 15 heavy (non-hydrogen) atoms. The van der Waals surface area contributed by atoms with Crippen molar-refractivity contribution in [2.45, 2.75) is 0 Å². The van der Waals surface area contributed by atoms with E-state index in [1.807, 2.05) is 0 Å². The largest absolute Gasteiger partial charge is 0.504 e. The summed E-state index contributed by atoms with van der Waals surface area (Å²) in [5.74, 6) is 0.0157. The third-order valence-corrected chi connectivity index (χ3v) is 2.57. The fraction of sp³-hybridized carbons (Fsp3) is 0.300. The Hall–Kier alpha value is -1.07. The van der Waals surface area contributed by atoms with Crippen molar-refractivity contribution < 1.29 is 14.6 Å². The molecule has 0 aliphatic heterocycles. The standard InChI is InChI=1S/C10H12BrNO3/c1-12-5-8(14)9-6(11)3-4-7(13)10(9)15-2/h3-4,12-13H,5H2,1-2H3. The third kappa shape index (κ3) is 2.49. The molecule has 0 aliphatic rings. The summed E-state index contributed by atoms with van der Waals surface area (Å²) in [5.41, 5.74) is 0.354. The van der Waals surface area contributed by atoms with Crippen LogP contribution in [0.3, 0.4) is 0 Å². The molecule has 2 N–H and O–H groups in total. The number of phenols is 1. The molecule has 0 atom stereocenters. The Balaban J connectivity index is 3.24. The van der Waals surface area contributed by atoms with Crippen LogP contribution < -0.4 is 10.1 Å². The molecule has 0 fully saturated rings. The number of ketones is 1. The molecule has 82 valence electrons. The van der Waals surface area contributed by atoms with E-state index in [-0.39, 0.29) is 23.8 Å². The van der Waals surface area contributed by atoms with E-state index >= 15 is 0 Å². The molecule has 1 aromatic rings. The fourth-order valence-electron chi connectivity index (χ4n) is 1.26. The number of rotatable bonds is 4. The summed E-state index contributed by atoms with van der Waals surface area (Å²) in [6, 6.07) is 3.08. The van der Waals surface area contributed by atoms with E-state index in [0.717, 1.165) is 0 Å². The number of halogens is 1. The number of phenolic OH excluding ortho intramolecular Hbond substituents is 1. The van der Waals surface area contributed by atoms with Crippen LogP contribution in [-0.2, 0) is 0 Å². The lowest BCUT2D eigenvalue weighted by atomic mass is 10.1. The molecule has 1 aromatic carbocycles. The van der Waals surface area contributed by atoms with Gasteiger partial charge in [-0.15, -0.1) is 0 Å². The Morgan fingerprint density at radius 1 is 1.60 bits per heavy atom. The highest BCUT2D eigenvalue weighted by molar-refractivity contribution is 9.10. The second kappa shape index (κ2) is 5.14. The lowest BCUT2D eigenvalue weighted by molar-refractivity contribution is 0.0989. The van der Waals surface area contributed by atoms with Gasteiger partial charge in [0, 0.05) is 4.47 Å². The van der Waals surface area contributed by atoms with Crippen molar-refractivity contribution in [2.75, 3.05) is 20.7 Å². The van der Waals surface area contributed by atoms with E-state index in [2.05, 4.69) is 21.2 Å². The lowest BCUT2D eigenvalue weighted by Crippen LogP contribution is -2.19. The summed E-state index contributed by atoms with van der Waals surface area (Å²) in [7, 11) is 3.10. The molecule has 0 saturated heterocycles. The predicted molar refractivity (Wildman–Crippen MR) is 60.6 cm³/mol. The molecule has 0 radical (unpaired) electrons. The predicted octanol–water partition coefficient (Wildman–Crippen LogP) is 1.57. The number of nitrogens with one attached hydrogen (secondary N) is 1. The summed E-state index contributed by atoms with van der Waals surface area (Å²) in [5, 5.41) is 12.3. The van der Waals surface area contributed by atoms with Gasteiger partial charge < -0.3 is 15.2 Å². The number of aromatic hydroxyl groups is 1. The number of benzene rings is 1. The normalized spacial score (nSPS) is 10.1. The highest BCUT2D eigenvalue weighted by Gasteiger charge is 2.18. The molecular weight excluding hydrogens is 262 g/mol. The Bertz CT molecular complexity index is 379. The second-order valence-electron chi connectivity index (χ2n) is 2.93. The van der Waals surface area contributed by atoms with Crippen LogP contribution in [-0.4, -0.2) is 31.6 Å². The monoisotopic (exact) mass is 273 g/mol. The topological polar surface area (TPSA) is 58.6 Å². The van der Waals surface area contributed by atoms with Gasteiger partial charge in [0.05, 0.1) is 19.2 Å². The van der Waals surface area contributed by atoms with Gasteiger partial charge >= 0.3 is 0 Å². The van der Waals surface area contributed by atoms with Gasteiger partial charge in [-0.25, -0.2) is 0 Å². The minimum Gasteiger partial charge on any atom is -0.504 e. The summed E-state index contributed by atoms with van der Waals surface area (Å²) in [6.45, 7) is 0.193. The zero-order chi connectivity index (χ0) is 11.4. The molecule has 0 aliphatic carbocycles. The number of hydrogen-bond donors (Lipinski definition) is 2. The summed E-state index contributed by atoms with van der Waals surface area (Å²) < 4.78 is 5.60. The Kier molecular flexibility index (Phi) is 4.11. The fourth-order valence-corrected chi connectivity index (χ4v) is 1.80. The number of likely N-dealkylation sites (N-methyl/N-ethyl adjacent to an activating group) is 1. The smallest absolute Gasteiger partial charge is 0.181 e. The maximum absolute atomic E-state index is 11.7. The number of Topliss-reactive ketones (excluding diaryl/α,β-unsaturated/α-hetero) is 1. The van der Waals surface area contributed by atoms with Crippen LogP contribution in [0, 0.1) is 0 Å². The van der Waals surface area contributed by atoms with Crippen LogP contribution in [0.2, 0.25) is 0 Å². The highest BCUT2D eigenvalue weighted by atomic mass is 79.9.